The van der Waals surface area contributed by atoms with Gasteiger partial charge in [-0.05, 0) is 49.4 Å². The van der Waals surface area contributed by atoms with E-state index in [1.165, 1.54) is 37.9 Å². The maximum absolute atomic E-state index is 6.16. The molecular weight excluding hydrogens is 382 g/mol. The minimum atomic E-state index is 0. The van der Waals surface area contributed by atoms with Crippen LogP contribution in [0.3, 0.4) is 0 Å². The van der Waals surface area contributed by atoms with Crippen molar-refractivity contribution < 1.29 is 21.5 Å². The first kappa shape index (κ1) is 19.1. The van der Waals surface area contributed by atoms with Gasteiger partial charge in [-0.1, -0.05) is 47.9 Å². The fourth-order valence-corrected chi connectivity index (χ4v) is 3.62. The average Bonchev–Trinajstić information content (AvgIpc) is 2.57. The van der Waals surface area contributed by atoms with Gasteiger partial charge in [0.05, 0.1) is 13.1 Å². The molecule has 0 unspecified atom stereocenters. The van der Waals surface area contributed by atoms with Gasteiger partial charge in [0.1, 0.15) is 13.1 Å². The molecule has 1 aliphatic rings. The standard InChI is InChI=1S/C21H23ClN.BrH/c22-21-13-7-11-20(17-21)18-23(14-5-2-6-15-23)16-8-12-19-9-3-1-4-10-19;/h1,3-4,7,9-11,13,17H,2,5-6,14-16,18H2;1H/q+1;/p-1. The highest BCUT2D eigenvalue weighted by atomic mass is 79.9. The second-order valence-corrected chi connectivity index (χ2v) is 6.90. The van der Waals surface area contributed by atoms with E-state index in [-0.39, 0.29) is 17.0 Å². The molecule has 1 aliphatic heterocycles. The Kier molecular flexibility index (Phi) is 7.37. The number of benzene rings is 2. The number of halogens is 2. The zero-order valence-corrected chi connectivity index (χ0v) is 16.2. The lowest BCUT2D eigenvalue weighted by atomic mass is 10.0. The molecule has 2 aromatic carbocycles. The van der Waals surface area contributed by atoms with Gasteiger partial charge in [0.15, 0.2) is 0 Å². The SMILES string of the molecule is Clc1cccc(C[N+]2(CC#Cc3ccccc3)CCCCC2)c1.[Br-]. The van der Waals surface area contributed by atoms with Crippen molar-refractivity contribution in [3.63, 3.8) is 0 Å². The van der Waals surface area contributed by atoms with E-state index < -0.39 is 0 Å². The van der Waals surface area contributed by atoms with Crippen molar-refractivity contribution in [2.24, 2.45) is 0 Å². The number of hydrogen-bond acceptors (Lipinski definition) is 0. The molecule has 0 saturated carbocycles. The van der Waals surface area contributed by atoms with Gasteiger partial charge >= 0.3 is 0 Å². The molecule has 0 atom stereocenters. The van der Waals surface area contributed by atoms with E-state index in [2.05, 4.69) is 36.1 Å². The molecule has 0 radical (unpaired) electrons. The zero-order chi connectivity index (χ0) is 16.0. The summed E-state index contributed by atoms with van der Waals surface area (Å²) in [5.41, 5.74) is 2.42. The summed E-state index contributed by atoms with van der Waals surface area (Å²) in [7, 11) is 0. The normalized spacial score (nSPS) is 15.7. The topological polar surface area (TPSA) is 0 Å². The van der Waals surface area contributed by atoms with Crippen LogP contribution in [0.1, 0.15) is 30.4 Å². The summed E-state index contributed by atoms with van der Waals surface area (Å²) in [6, 6.07) is 18.5. The Hall–Kier alpha value is -1.27. The Bertz CT molecular complexity index is 697. The molecule has 1 heterocycles. The zero-order valence-electron chi connectivity index (χ0n) is 13.8. The van der Waals surface area contributed by atoms with Crippen LogP contribution in [0.2, 0.25) is 5.02 Å². The largest absolute Gasteiger partial charge is 1.00 e. The molecule has 0 N–H and O–H groups in total. The van der Waals surface area contributed by atoms with E-state index in [1.54, 1.807) is 0 Å². The molecule has 2 aromatic rings. The van der Waals surface area contributed by atoms with Gasteiger partial charge in [0.2, 0.25) is 0 Å². The van der Waals surface area contributed by atoms with Gasteiger partial charge < -0.3 is 21.5 Å². The number of piperidine rings is 1. The number of hydrogen-bond donors (Lipinski definition) is 0. The molecule has 24 heavy (non-hydrogen) atoms. The van der Waals surface area contributed by atoms with Crippen molar-refractivity contribution >= 4 is 11.6 Å². The first-order chi connectivity index (χ1) is 11.3. The molecule has 3 heteroatoms. The molecule has 1 saturated heterocycles. The summed E-state index contributed by atoms with van der Waals surface area (Å²) >= 11 is 6.16. The summed E-state index contributed by atoms with van der Waals surface area (Å²) in [6.45, 7) is 4.39. The van der Waals surface area contributed by atoms with Crippen LogP contribution in [0.4, 0.5) is 0 Å². The minimum absolute atomic E-state index is 0. The smallest absolute Gasteiger partial charge is 0.141 e. The summed E-state index contributed by atoms with van der Waals surface area (Å²) in [5.74, 6) is 6.76. The van der Waals surface area contributed by atoms with Crippen molar-refractivity contribution in [2.45, 2.75) is 25.8 Å². The second-order valence-electron chi connectivity index (χ2n) is 6.46. The number of quaternary nitrogens is 1. The highest BCUT2D eigenvalue weighted by molar-refractivity contribution is 6.30. The van der Waals surface area contributed by atoms with Gasteiger partial charge in [0, 0.05) is 16.1 Å². The molecule has 0 aromatic heterocycles. The van der Waals surface area contributed by atoms with Crippen LogP contribution >= 0.6 is 11.6 Å². The average molecular weight is 405 g/mol. The Morgan fingerprint density at radius 1 is 0.917 bits per heavy atom. The highest BCUT2D eigenvalue weighted by Gasteiger charge is 2.29. The van der Waals surface area contributed by atoms with E-state index in [9.17, 15) is 0 Å². The van der Waals surface area contributed by atoms with E-state index >= 15 is 0 Å². The first-order valence-electron chi connectivity index (χ1n) is 8.39. The Labute approximate surface area is 161 Å². The van der Waals surface area contributed by atoms with Gasteiger partial charge in [-0.15, -0.1) is 0 Å². The molecule has 1 fully saturated rings. The molecule has 3 rings (SSSR count). The van der Waals surface area contributed by atoms with Gasteiger partial charge in [0.25, 0.3) is 0 Å². The predicted molar refractivity (Wildman–Crippen MR) is 97.2 cm³/mol. The maximum atomic E-state index is 6.16. The van der Waals surface area contributed by atoms with Gasteiger partial charge in [-0.25, -0.2) is 0 Å². The number of likely N-dealkylation sites (tertiary alicyclic amines) is 1. The Morgan fingerprint density at radius 2 is 1.67 bits per heavy atom. The van der Waals surface area contributed by atoms with E-state index in [0.717, 1.165) is 28.2 Å². The summed E-state index contributed by atoms with van der Waals surface area (Å²) in [6.07, 6.45) is 3.95. The first-order valence-corrected chi connectivity index (χ1v) is 8.77. The third-order valence-electron chi connectivity index (χ3n) is 4.59. The van der Waals surface area contributed by atoms with Gasteiger partial charge in [-0.3, -0.25) is 0 Å². The van der Waals surface area contributed by atoms with E-state index in [4.69, 9.17) is 11.6 Å². The lowest BCUT2D eigenvalue weighted by molar-refractivity contribution is -0.938. The quantitative estimate of drug-likeness (QED) is 0.541. The van der Waals surface area contributed by atoms with Crippen molar-refractivity contribution in [3.8, 4) is 11.8 Å². The van der Waals surface area contributed by atoms with Crippen LogP contribution in [-0.2, 0) is 6.54 Å². The lowest BCUT2D eigenvalue weighted by Gasteiger charge is -2.40. The monoisotopic (exact) mass is 403 g/mol. The molecule has 126 valence electrons. The highest BCUT2D eigenvalue weighted by Crippen LogP contribution is 2.23. The van der Waals surface area contributed by atoms with Crippen LogP contribution in [0.25, 0.3) is 0 Å². The Morgan fingerprint density at radius 3 is 2.38 bits per heavy atom. The Balaban J connectivity index is 0.00000208. The van der Waals surface area contributed by atoms with Crippen molar-refractivity contribution in [1.29, 1.82) is 0 Å². The third kappa shape index (κ3) is 5.38. The van der Waals surface area contributed by atoms with E-state index in [0.29, 0.717) is 0 Å². The van der Waals surface area contributed by atoms with Crippen LogP contribution in [0.5, 0.6) is 0 Å². The summed E-state index contributed by atoms with van der Waals surface area (Å²) in [4.78, 5) is 0. The number of rotatable bonds is 3. The third-order valence-corrected chi connectivity index (χ3v) is 4.83. The predicted octanol–water partition coefficient (Wildman–Crippen LogP) is 1.90. The maximum Gasteiger partial charge on any atom is 0.141 e. The second kappa shape index (κ2) is 9.28. The molecule has 0 amide bonds. The minimum Gasteiger partial charge on any atom is -1.00 e. The fraction of sp³-hybridized carbons (Fsp3) is 0.333. The molecule has 1 nitrogen and oxygen atoms in total. The summed E-state index contributed by atoms with van der Waals surface area (Å²) in [5, 5.41) is 0.827. The van der Waals surface area contributed by atoms with Crippen LogP contribution in [0, 0.1) is 11.8 Å². The number of nitrogens with zero attached hydrogens (tertiary/aromatic N) is 1. The van der Waals surface area contributed by atoms with E-state index in [1.807, 2.05) is 30.3 Å². The fourth-order valence-electron chi connectivity index (χ4n) is 3.41. The van der Waals surface area contributed by atoms with Gasteiger partial charge in [-0.2, -0.15) is 0 Å². The van der Waals surface area contributed by atoms with Crippen LogP contribution in [0.15, 0.2) is 54.6 Å². The van der Waals surface area contributed by atoms with Crippen LogP contribution < -0.4 is 17.0 Å². The van der Waals surface area contributed by atoms with Crippen molar-refractivity contribution in [2.75, 3.05) is 19.6 Å². The molecule has 0 bridgehead atoms. The molecule has 0 spiro atoms. The molecular formula is C21H23BrClN. The van der Waals surface area contributed by atoms with Crippen molar-refractivity contribution in [1.82, 2.24) is 0 Å². The van der Waals surface area contributed by atoms with Crippen molar-refractivity contribution in [3.05, 3.63) is 70.7 Å². The molecule has 0 aliphatic carbocycles. The van der Waals surface area contributed by atoms with Crippen LogP contribution in [-0.4, -0.2) is 24.1 Å². The lowest BCUT2D eigenvalue weighted by Crippen LogP contribution is -3.00. The summed E-state index contributed by atoms with van der Waals surface area (Å²) < 4.78 is 1.07.